The van der Waals surface area contributed by atoms with Crippen LogP contribution in [0.5, 0.6) is 0 Å². The molecule has 0 saturated heterocycles. The van der Waals surface area contributed by atoms with Gasteiger partial charge in [0.1, 0.15) is 0 Å². The third-order valence-corrected chi connectivity index (χ3v) is 3.44. The van der Waals surface area contributed by atoms with Gasteiger partial charge in [-0.15, -0.1) is 0 Å². The van der Waals surface area contributed by atoms with E-state index in [1.165, 1.54) is 0 Å². The van der Waals surface area contributed by atoms with Crippen LogP contribution in [0.3, 0.4) is 0 Å². The maximum Gasteiger partial charge on any atom is 0.239 e. The van der Waals surface area contributed by atoms with Crippen LogP contribution in [0.25, 0.3) is 0 Å². The number of amides is 1. The second-order valence-electron chi connectivity index (χ2n) is 5.06. The summed E-state index contributed by atoms with van der Waals surface area (Å²) in [7, 11) is 0. The zero-order chi connectivity index (χ0) is 12.4. The van der Waals surface area contributed by atoms with Crippen LogP contribution in [0.1, 0.15) is 19.3 Å². The summed E-state index contributed by atoms with van der Waals surface area (Å²) in [5.74, 6) is 0.147. The molecule has 0 radical (unpaired) electrons. The van der Waals surface area contributed by atoms with Crippen molar-refractivity contribution in [3.05, 3.63) is 24.3 Å². The molecule has 0 atom stereocenters. The van der Waals surface area contributed by atoms with Crippen LogP contribution < -0.4 is 15.5 Å². The third kappa shape index (κ3) is 2.58. The van der Waals surface area contributed by atoms with Gasteiger partial charge in [-0.3, -0.25) is 4.79 Å². The highest BCUT2D eigenvalue weighted by atomic mass is 16.2. The molecule has 0 bridgehead atoms. The van der Waals surface area contributed by atoms with E-state index in [4.69, 9.17) is 0 Å². The number of para-hydroxylation sites is 2. The van der Waals surface area contributed by atoms with Gasteiger partial charge in [-0.25, -0.2) is 0 Å². The highest BCUT2D eigenvalue weighted by Crippen LogP contribution is 2.27. The first-order chi connectivity index (χ1) is 8.83. The van der Waals surface area contributed by atoms with Crippen molar-refractivity contribution >= 4 is 17.3 Å². The molecule has 0 unspecified atom stereocenters. The monoisotopic (exact) mass is 245 g/mol. The Morgan fingerprint density at radius 1 is 1.39 bits per heavy atom. The first kappa shape index (κ1) is 11.4. The zero-order valence-corrected chi connectivity index (χ0v) is 10.5. The maximum atomic E-state index is 11.9. The average Bonchev–Trinajstić information content (AvgIpc) is 3.18. The van der Waals surface area contributed by atoms with Crippen LogP contribution in [-0.4, -0.2) is 31.6 Å². The van der Waals surface area contributed by atoms with E-state index in [1.807, 2.05) is 12.1 Å². The summed E-state index contributed by atoms with van der Waals surface area (Å²) in [5, 5.41) is 6.46. The summed E-state index contributed by atoms with van der Waals surface area (Å²) >= 11 is 0. The molecule has 1 saturated carbocycles. The molecule has 4 heteroatoms. The molecule has 1 aromatic carbocycles. The summed E-state index contributed by atoms with van der Waals surface area (Å²) in [5.41, 5.74) is 2.27. The Kier molecular flexibility index (Phi) is 3.09. The Hall–Kier alpha value is -1.71. The number of rotatable bonds is 3. The van der Waals surface area contributed by atoms with E-state index in [-0.39, 0.29) is 5.91 Å². The van der Waals surface area contributed by atoms with Gasteiger partial charge in [0.15, 0.2) is 0 Å². The summed E-state index contributed by atoms with van der Waals surface area (Å²) < 4.78 is 0. The lowest BCUT2D eigenvalue weighted by atomic mass is 10.2. The maximum absolute atomic E-state index is 11.9. The minimum atomic E-state index is 0.147. The van der Waals surface area contributed by atoms with Gasteiger partial charge < -0.3 is 15.5 Å². The smallest absolute Gasteiger partial charge is 0.239 e. The highest BCUT2D eigenvalue weighted by Gasteiger charge is 2.24. The molecule has 96 valence electrons. The van der Waals surface area contributed by atoms with Crippen LogP contribution >= 0.6 is 0 Å². The van der Waals surface area contributed by atoms with Crippen molar-refractivity contribution in [2.24, 2.45) is 0 Å². The number of anilines is 2. The Bertz CT molecular complexity index is 442. The number of benzene rings is 1. The van der Waals surface area contributed by atoms with E-state index in [2.05, 4.69) is 27.7 Å². The first-order valence-electron chi connectivity index (χ1n) is 6.70. The van der Waals surface area contributed by atoms with Gasteiger partial charge in [-0.1, -0.05) is 12.1 Å². The molecule has 1 aliphatic carbocycles. The van der Waals surface area contributed by atoms with Crippen molar-refractivity contribution in [2.75, 3.05) is 29.9 Å². The molecular formula is C14H19N3O. The molecule has 0 spiro atoms. The molecular weight excluding hydrogens is 226 g/mol. The topological polar surface area (TPSA) is 44.4 Å². The van der Waals surface area contributed by atoms with E-state index in [1.54, 1.807) is 0 Å². The summed E-state index contributed by atoms with van der Waals surface area (Å²) in [6.07, 6.45) is 3.35. The van der Waals surface area contributed by atoms with Gasteiger partial charge in [0.05, 0.1) is 17.9 Å². The minimum Gasteiger partial charge on any atom is -0.383 e. The van der Waals surface area contributed by atoms with Crippen molar-refractivity contribution in [1.29, 1.82) is 0 Å². The van der Waals surface area contributed by atoms with Gasteiger partial charge >= 0.3 is 0 Å². The summed E-state index contributed by atoms with van der Waals surface area (Å²) in [6, 6.07) is 8.65. The van der Waals surface area contributed by atoms with E-state index >= 15 is 0 Å². The minimum absolute atomic E-state index is 0.147. The van der Waals surface area contributed by atoms with Crippen molar-refractivity contribution < 1.29 is 4.79 Å². The summed E-state index contributed by atoms with van der Waals surface area (Å²) in [6.45, 7) is 2.37. The van der Waals surface area contributed by atoms with E-state index in [0.717, 1.165) is 43.7 Å². The molecule has 3 rings (SSSR count). The standard InChI is InChI=1S/C14H19N3O/c18-14(16-11-6-7-11)10-17-9-3-8-15-12-4-1-2-5-13(12)17/h1-2,4-5,11,15H,3,6-10H2,(H,16,18). The predicted octanol–water partition coefficient (Wildman–Crippen LogP) is 1.59. The number of carbonyl (C=O) groups is 1. The summed E-state index contributed by atoms with van der Waals surface area (Å²) in [4.78, 5) is 14.1. The van der Waals surface area contributed by atoms with Gasteiger partial charge in [0.25, 0.3) is 0 Å². The molecule has 4 nitrogen and oxygen atoms in total. The second kappa shape index (κ2) is 4.88. The largest absolute Gasteiger partial charge is 0.383 e. The fourth-order valence-electron chi connectivity index (χ4n) is 2.35. The Morgan fingerprint density at radius 2 is 2.22 bits per heavy atom. The van der Waals surface area contributed by atoms with Crippen LogP contribution in [-0.2, 0) is 4.79 Å². The third-order valence-electron chi connectivity index (χ3n) is 3.44. The average molecular weight is 245 g/mol. The van der Waals surface area contributed by atoms with Crippen molar-refractivity contribution in [2.45, 2.75) is 25.3 Å². The molecule has 0 aromatic heterocycles. The predicted molar refractivity (Wildman–Crippen MR) is 72.9 cm³/mol. The Morgan fingerprint density at radius 3 is 3.06 bits per heavy atom. The van der Waals surface area contributed by atoms with Crippen LogP contribution in [0.4, 0.5) is 11.4 Å². The number of hydrogen-bond donors (Lipinski definition) is 2. The molecule has 1 aromatic rings. The molecule has 1 heterocycles. The highest BCUT2D eigenvalue weighted by molar-refractivity contribution is 5.84. The number of hydrogen-bond acceptors (Lipinski definition) is 3. The van der Waals surface area contributed by atoms with Crippen LogP contribution in [0.2, 0.25) is 0 Å². The lowest BCUT2D eigenvalue weighted by Crippen LogP contribution is -2.38. The molecule has 2 aliphatic rings. The Balaban J connectivity index is 1.72. The fraction of sp³-hybridized carbons (Fsp3) is 0.500. The number of carbonyl (C=O) groups excluding carboxylic acids is 1. The van der Waals surface area contributed by atoms with Crippen molar-refractivity contribution in [3.63, 3.8) is 0 Å². The lowest BCUT2D eigenvalue weighted by molar-refractivity contribution is -0.119. The van der Waals surface area contributed by atoms with Crippen LogP contribution in [0, 0.1) is 0 Å². The van der Waals surface area contributed by atoms with Gasteiger partial charge in [-0.05, 0) is 31.4 Å². The quantitative estimate of drug-likeness (QED) is 0.850. The fourth-order valence-corrected chi connectivity index (χ4v) is 2.35. The lowest BCUT2D eigenvalue weighted by Gasteiger charge is -2.23. The number of nitrogens with one attached hydrogen (secondary N) is 2. The molecule has 1 fully saturated rings. The van der Waals surface area contributed by atoms with E-state index in [9.17, 15) is 4.79 Å². The number of fused-ring (bicyclic) bond motifs is 1. The van der Waals surface area contributed by atoms with Crippen LogP contribution in [0.15, 0.2) is 24.3 Å². The molecule has 18 heavy (non-hydrogen) atoms. The normalized spacial score (nSPS) is 18.6. The second-order valence-corrected chi connectivity index (χ2v) is 5.06. The van der Waals surface area contributed by atoms with E-state index in [0.29, 0.717) is 12.6 Å². The van der Waals surface area contributed by atoms with E-state index < -0.39 is 0 Å². The SMILES string of the molecule is O=C(CN1CCCNc2ccccc21)NC1CC1. The van der Waals surface area contributed by atoms with Crippen molar-refractivity contribution in [1.82, 2.24) is 5.32 Å². The van der Waals surface area contributed by atoms with Gasteiger partial charge in [0, 0.05) is 19.1 Å². The van der Waals surface area contributed by atoms with Gasteiger partial charge in [-0.2, -0.15) is 0 Å². The zero-order valence-electron chi connectivity index (χ0n) is 10.5. The molecule has 2 N–H and O–H groups in total. The van der Waals surface area contributed by atoms with Gasteiger partial charge in [0.2, 0.25) is 5.91 Å². The Labute approximate surface area is 107 Å². The molecule has 1 aliphatic heterocycles. The first-order valence-corrected chi connectivity index (χ1v) is 6.70. The number of nitrogens with zero attached hydrogens (tertiary/aromatic N) is 1. The van der Waals surface area contributed by atoms with Crippen molar-refractivity contribution in [3.8, 4) is 0 Å². The molecule has 1 amide bonds.